The van der Waals surface area contributed by atoms with E-state index < -0.39 is 0 Å². The summed E-state index contributed by atoms with van der Waals surface area (Å²) < 4.78 is 0. The van der Waals surface area contributed by atoms with Crippen LogP contribution in [0.2, 0.25) is 0 Å². The predicted molar refractivity (Wildman–Crippen MR) is 73.9 cm³/mol. The first-order valence-electron chi connectivity index (χ1n) is 7.55. The van der Waals surface area contributed by atoms with Crippen molar-refractivity contribution in [2.45, 2.75) is 71.9 Å². The van der Waals surface area contributed by atoms with Gasteiger partial charge < -0.3 is 5.11 Å². The van der Waals surface area contributed by atoms with E-state index in [1.807, 2.05) is 0 Å². The Morgan fingerprint density at radius 1 is 1.18 bits per heavy atom. The highest BCUT2D eigenvalue weighted by Crippen LogP contribution is 2.24. The third kappa shape index (κ3) is 5.87. The van der Waals surface area contributed by atoms with Crippen LogP contribution in [0, 0.1) is 11.8 Å². The number of hydrogen-bond donors (Lipinski definition) is 1. The zero-order valence-electron chi connectivity index (χ0n) is 12.0. The molecule has 1 aliphatic heterocycles. The molecule has 102 valence electrons. The summed E-state index contributed by atoms with van der Waals surface area (Å²) in [6, 6.07) is 0. The van der Waals surface area contributed by atoms with Crippen LogP contribution in [0.1, 0.15) is 65.7 Å². The Labute approximate surface area is 107 Å². The van der Waals surface area contributed by atoms with Gasteiger partial charge in [-0.1, -0.05) is 46.5 Å². The van der Waals surface area contributed by atoms with E-state index in [4.69, 9.17) is 0 Å². The third-order valence-corrected chi connectivity index (χ3v) is 4.08. The maximum absolute atomic E-state index is 9.77. The highest BCUT2D eigenvalue weighted by atomic mass is 16.3. The zero-order chi connectivity index (χ0) is 12.7. The van der Waals surface area contributed by atoms with Gasteiger partial charge in [-0.3, -0.25) is 4.90 Å². The number of aliphatic hydroxyl groups is 1. The van der Waals surface area contributed by atoms with Gasteiger partial charge in [0.15, 0.2) is 0 Å². The van der Waals surface area contributed by atoms with Gasteiger partial charge in [0.2, 0.25) is 0 Å². The second-order valence-electron chi connectivity index (χ2n) is 6.05. The van der Waals surface area contributed by atoms with Gasteiger partial charge in [-0.15, -0.1) is 0 Å². The van der Waals surface area contributed by atoms with Crippen molar-refractivity contribution in [1.29, 1.82) is 0 Å². The van der Waals surface area contributed by atoms with Crippen LogP contribution >= 0.6 is 0 Å². The van der Waals surface area contributed by atoms with E-state index in [9.17, 15) is 5.11 Å². The Kier molecular flexibility index (Phi) is 7.14. The van der Waals surface area contributed by atoms with Crippen molar-refractivity contribution in [3.05, 3.63) is 0 Å². The summed E-state index contributed by atoms with van der Waals surface area (Å²) in [6.07, 6.45) is 8.83. The molecule has 1 unspecified atom stereocenters. The Hall–Kier alpha value is -0.0800. The zero-order valence-corrected chi connectivity index (χ0v) is 12.0. The first-order chi connectivity index (χ1) is 8.13. The average molecular weight is 241 g/mol. The number of aliphatic hydroxyl groups excluding tert-OH is 1. The van der Waals surface area contributed by atoms with Crippen LogP contribution in [0.3, 0.4) is 0 Å². The molecule has 2 heteroatoms. The van der Waals surface area contributed by atoms with Crippen molar-refractivity contribution >= 4 is 0 Å². The monoisotopic (exact) mass is 241 g/mol. The molecule has 17 heavy (non-hydrogen) atoms. The molecule has 0 amide bonds. The Morgan fingerprint density at radius 3 is 2.35 bits per heavy atom. The highest BCUT2D eigenvalue weighted by molar-refractivity contribution is 4.73. The van der Waals surface area contributed by atoms with Crippen LogP contribution < -0.4 is 0 Å². The third-order valence-electron chi connectivity index (χ3n) is 4.08. The lowest BCUT2D eigenvalue weighted by molar-refractivity contribution is -0.0195. The quantitative estimate of drug-likeness (QED) is 0.688. The van der Waals surface area contributed by atoms with Crippen molar-refractivity contribution in [2.75, 3.05) is 13.1 Å². The second kappa shape index (κ2) is 8.10. The maximum Gasteiger partial charge on any atom is 0.107 e. The minimum absolute atomic E-state index is 0.197. The molecular weight excluding hydrogens is 210 g/mol. The summed E-state index contributed by atoms with van der Waals surface area (Å²) in [7, 11) is 0. The van der Waals surface area contributed by atoms with Crippen LogP contribution in [-0.2, 0) is 0 Å². The Bertz CT molecular complexity index is 185. The molecule has 0 bridgehead atoms. The van der Waals surface area contributed by atoms with Gasteiger partial charge in [0.1, 0.15) is 6.23 Å². The lowest BCUT2D eigenvalue weighted by atomic mass is 9.90. The van der Waals surface area contributed by atoms with Crippen molar-refractivity contribution in [3.63, 3.8) is 0 Å². The van der Waals surface area contributed by atoms with Crippen molar-refractivity contribution < 1.29 is 5.11 Å². The topological polar surface area (TPSA) is 23.5 Å². The van der Waals surface area contributed by atoms with Gasteiger partial charge in [0.05, 0.1) is 0 Å². The molecule has 0 spiro atoms. The molecule has 0 aromatic carbocycles. The molecule has 1 fully saturated rings. The number of piperidine rings is 1. The lowest BCUT2D eigenvalue weighted by Gasteiger charge is -2.34. The van der Waals surface area contributed by atoms with E-state index in [1.54, 1.807) is 0 Å². The highest BCUT2D eigenvalue weighted by Gasteiger charge is 2.22. The number of nitrogens with zero attached hydrogens (tertiary/aromatic N) is 1. The number of rotatable bonds is 7. The molecule has 1 aliphatic rings. The molecule has 1 N–H and O–H groups in total. The summed E-state index contributed by atoms with van der Waals surface area (Å²) in [5.74, 6) is 1.78. The smallest absolute Gasteiger partial charge is 0.107 e. The average Bonchev–Trinajstić information content (AvgIpc) is 2.34. The van der Waals surface area contributed by atoms with Gasteiger partial charge >= 0.3 is 0 Å². The van der Waals surface area contributed by atoms with Crippen LogP contribution in [0.4, 0.5) is 0 Å². The van der Waals surface area contributed by atoms with Crippen LogP contribution in [-0.4, -0.2) is 29.3 Å². The van der Waals surface area contributed by atoms with Crippen molar-refractivity contribution in [1.82, 2.24) is 4.90 Å². The van der Waals surface area contributed by atoms with Crippen molar-refractivity contribution in [2.24, 2.45) is 11.8 Å². The molecule has 1 heterocycles. The first kappa shape index (κ1) is 15.0. The predicted octanol–water partition coefficient (Wildman–Crippen LogP) is 3.64. The molecular formula is C15H31NO. The SMILES string of the molecule is CCC(O)N1CCC(CCCCC(C)C)CC1. The molecule has 0 saturated carbocycles. The molecule has 1 rings (SSSR count). The largest absolute Gasteiger partial charge is 0.378 e. The fraction of sp³-hybridized carbons (Fsp3) is 1.00. The van der Waals surface area contributed by atoms with E-state index >= 15 is 0 Å². The molecule has 1 atom stereocenters. The van der Waals surface area contributed by atoms with E-state index in [0.29, 0.717) is 0 Å². The first-order valence-corrected chi connectivity index (χ1v) is 7.55. The normalized spacial score (nSPS) is 21.0. The van der Waals surface area contributed by atoms with Gasteiger partial charge in [0, 0.05) is 13.1 Å². The molecule has 2 nitrogen and oxygen atoms in total. The summed E-state index contributed by atoms with van der Waals surface area (Å²) in [5.41, 5.74) is 0. The number of likely N-dealkylation sites (tertiary alicyclic amines) is 1. The summed E-state index contributed by atoms with van der Waals surface area (Å²) in [5, 5.41) is 9.77. The number of hydrogen-bond acceptors (Lipinski definition) is 2. The van der Waals surface area contributed by atoms with E-state index in [2.05, 4.69) is 25.7 Å². The van der Waals surface area contributed by atoms with Gasteiger partial charge in [-0.2, -0.15) is 0 Å². The second-order valence-corrected chi connectivity index (χ2v) is 6.05. The Balaban J connectivity index is 2.07. The fourth-order valence-electron chi connectivity index (χ4n) is 2.78. The van der Waals surface area contributed by atoms with Crippen LogP contribution in [0.15, 0.2) is 0 Å². The van der Waals surface area contributed by atoms with E-state index in [-0.39, 0.29) is 6.23 Å². The molecule has 1 saturated heterocycles. The summed E-state index contributed by atoms with van der Waals surface area (Å²) >= 11 is 0. The molecule has 0 aliphatic carbocycles. The van der Waals surface area contributed by atoms with Gasteiger partial charge in [-0.25, -0.2) is 0 Å². The van der Waals surface area contributed by atoms with Gasteiger partial charge in [-0.05, 0) is 31.1 Å². The van der Waals surface area contributed by atoms with Crippen molar-refractivity contribution in [3.8, 4) is 0 Å². The summed E-state index contributed by atoms with van der Waals surface area (Å²) in [6.45, 7) is 8.88. The lowest BCUT2D eigenvalue weighted by Crippen LogP contribution is -2.41. The minimum Gasteiger partial charge on any atom is -0.378 e. The van der Waals surface area contributed by atoms with Crippen LogP contribution in [0.25, 0.3) is 0 Å². The standard InChI is InChI=1S/C15H31NO/c1-4-15(17)16-11-9-14(10-12-16)8-6-5-7-13(2)3/h13-15,17H,4-12H2,1-3H3. The fourth-order valence-corrected chi connectivity index (χ4v) is 2.78. The minimum atomic E-state index is -0.197. The van der Waals surface area contributed by atoms with Crippen LogP contribution in [0.5, 0.6) is 0 Å². The molecule has 0 aromatic heterocycles. The number of unbranched alkanes of at least 4 members (excludes halogenated alkanes) is 1. The maximum atomic E-state index is 9.77. The molecule has 0 radical (unpaired) electrons. The Morgan fingerprint density at radius 2 is 1.82 bits per heavy atom. The van der Waals surface area contributed by atoms with E-state index in [1.165, 1.54) is 38.5 Å². The van der Waals surface area contributed by atoms with Gasteiger partial charge in [0.25, 0.3) is 0 Å². The molecule has 0 aromatic rings. The van der Waals surface area contributed by atoms with E-state index in [0.717, 1.165) is 31.3 Å². The summed E-state index contributed by atoms with van der Waals surface area (Å²) in [4.78, 5) is 2.24.